The van der Waals surface area contributed by atoms with Gasteiger partial charge in [0, 0.05) is 5.56 Å². The zero-order valence-corrected chi connectivity index (χ0v) is 13.5. The minimum absolute atomic E-state index is 0.340. The monoisotopic (exact) mass is 307 g/mol. The fourth-order valence-electron chi connectivity index (χ4n) is 2.87. The van der Waals surface area contributed by atoms with Crippen LogP contribution in [0.2, 0.25) is 0 Å². The lowest BCUT2D eigenvalue weighted by atomic mass is 10.1. The van der Waals surface area contributed by atoms with Crippen molar-refractivity contribution in [3.05, 3.63) is 40.7 Å². The highest BCUT2D eigenvalue weighted by molar-refractivity contribution is 5.89. The molecule has 6 nitrogen and oxygen atoms in total. The van der Waals surface area contributed by atoms with Crippen LogP contribution in [-0.4, -0.2) is 21.6 Å². The third-order valence-corrected chi connectivity index (χ3v) is 3.96. The molecule has 0 bridgehead atoms. The van der Waals surface area contributed by atoms with Crippen LogP contribution in [0.15, 0.2) is 18.3 Å². The molecule has 116 valence electrons. The number of nitriles is 1. The average molecular weight is 307 g/mol. The van der Waals surface area contributed by atoms with Gasteiger partial charge >= 0.3 is 0 Å². The number of fused-ring (bicyclic) bond motifs is 1. The highest BCUT2D eigenvalue weighted by atomic mass is 16.5. The van der Waals surface area contributed by atoms with E-state index in [0.29, 0.717) is 22.5 Å². The van der Waals surface area contributed by atoms with E-state index in [4.69, 9.17) is 10.5 Å². The molecular formula is C17H17N5O. The van der Waals surface area contributed by atoms with Crippen molar-refractivity contribution in [2.75, 3.05) is 12.8 Å². The lowest BCUT2D eigenvalue weighted by Gasteiger charge is -2.16. The number of hydrogen-bond donors (Lipinski definition) is 1. The summed E-state index contributed by atoms with van der Waals surface area (Å²) in [5, 5.41) is 9.47. The first-order chi connectivity index (χ1) is 11.0. The van der Waals surface area contributed by atoms with Crippen molar-refractivity contribution in [2.45, 2.75) is 20.8 Å². The van der Waals surface area contributed by atoms with Crippen molar-refractivity contribution in [1.29, 1.82) is 5.26 Å². The van der Waals surface area contributed by atoms with Crippen LogP contribution in [0.5, 0.6) is 5.75 Å². The number of nitrogens with zero attached hydrogens (tertiary/aromatic N) is 4. The van der Waals surface area contributed by atoms with Crippen molar-refractivity contribution in [2.24, 2.45) is 0 Å². The molecule has 0 unspecified atom stereocenters. The smallest absolute Gasteiger partial charge is 0.166 e. The molecule has 0 aliphatic heterocycles. The van der Waals surface area contributed by atoms with E-state index in [1.807, 2.05) is 32.9 Å². The summed E-state index contributed by atoms with van der Waals surface area (Å²) in [7, 11) is 1.63. The predicted molar refractivity (Wildman–Crippen MR) is 88.8 cm³/mol. The number of benzene rings is 1. The summed E-state index contributed by atoms with van der Waals surface area (Å²) >= 11 is 0. The first-order valence-corrected chi connectivity index (χ1v) is 7.17. The van der Waals surface area contributed by atoms with Crippen molar-refractivity contribution < 1.29 is 4.74 Å². The molecule has 0 fully saturated rings. The van der Waals surface area contributed by atoms with Crippen molar-refractivity contribution in [3.63, 3.8) is 0 Å². The Kier molecular flexibility index (Phi) is 3.41. The van der Waals surface area contributed by atoms with Crippen molar-refractivity contribution >= 4 is 17.0 Å². The molecular weight excluding hydrogens is 290 g/mol. The molecule has 0 saturated carbocycles. The summed E-state index contributed by atoms with van der Waals surface area (Å²) in [5.74, 6) is 1.10. The first kappa shape index (κ1) is 14.9. The Morgan fingerprint density at radius 1 is 1.26 bits per heavy atom. The average Bonchev–Trinajstić information content (AvgIpc) is 2.79. The molecule has 23 heavy (non-hydrogen) atoms. The topological polar surface area (TPSA) is 89.8 Å². The second kappa shape index (κ2) is 5.29. The second-order valence-electron chi connectivity index (χ2n) is 5.45. The quantitative estimate of drug-likeness (QED) is 0.786. The fourth-order valence-corrected chi connectivity index (χ4v) is 2.87. The van der Waals surface area contributed by atoms with Gasteiger partial charge < -0.3 is 10.5 Å². The lowest BCUT2D eigenvalue weighted by Crippen LogP contribution is -2.06. The maximum absolute atomic E-state index is 9.47. The Hall–Kier alpha value is -3.07. The van der Waals surface area contributed by atoms with Crippen LogP contribution in [-0.2, 0) is 0 Å². The number of aromatic nitrogens is 3. The van der Waals surface area contributed by atoms with Gasteiger partial charge in [-0.2, -0.15) is 5.26 Å². The molecule has 0 spiro atoms. The predicted octanol–water partition coefficient (Wildman–Crippen LogP) is 2.81. The minimum atomic E-state index is 0.340. The normalized spacial score (nSPS) is 10.7. The zero-order valence-electron chi connectivity index (χ0n) is 13.5. The molecule has 3 rings (SSSR count). The van der Waals surface area contributed by atoms with Crippen LogP contribution < -0.4 is 10.5 Å². The van der Waals surface area contributed by atoms with Gasteiger partial charge in [-0.25, -0.2) is 9.97 Å². The van der Waals surface area contributed by atoms with Gasteiger partial charge in [0.15, 0.2) is 5.65 Å². The van der Waals surface area contributed by atoms with Crippen molar-refractivity contribution in [1.82, 2.24) is 14.5 Å². The standard InChI is InChI=1S/C17H17N5O/c1-9-5-6-13(23-4)11(3)15(9)22-16(19)12(7-18)14-17(22)20-8-10(2)21-14/h5-6,8H,19H2,1-4H3. The van der Waals surface area contributed by atoms with Gasteiger partial charge in [-0.15, -0.1) is 0 Å². The Labute approximate surface area is 134 Å². The molecule has 0 amide bonds. The second-order valence-corrected chi connectivity index (χ2v) is 5.45. The lowest BCUT2D eigenvalue weighted by molar-refractivity contribution is 0.411. The van der Waals surface area contributed by atoms with E-state index in [1.54, 1.807) is 17.9 Å². The number of hydrogen-bond acceptors (Lipinski definition) is 5. The number of nitrogen functional groups attached to an aromatic ring is 1. The van der Waals surface area contributed by atoms with Gasteiger partial charge in [-0.3, -0.25) is 4.57 Å². The van der Waals surface area contributed by atoms with E-state index in [0.717, 1.165) is 28.3 Å². The van der Waals surface area contributed by atoms with Gasteiger partial charge in [-0.1, -0.05) is 6.07 Å². The third-order valence-electron chi connectivity index (χ3n) is 3.96. The number of methoxy groups -OCH3 is 1. The summed E-state index contributed by atoms with van der Waals surface area (Å²) in [5.41, 5.74) is 11.3. The number of nitrogens with two attached hydrogens (primary N) is 1. The van der Waals surface area contributed by atoms with Crippen LogP contribution in [0, 0.1) is 32.1 Å². The van der Waals surface area contributed by atoms with Crippen molar-refractivity contribution in [3.8, 4) is 17.5 Å². The van der Waals surface area contributed by atoms with Crippen LogP contribution in [0.4, 0.5) is 5.82 Å². The van der Waals surface area contributed by atoms with Crippen LogP contribution in [0.3, 0.4) is 0 Å². The Balaban J connectivity index is 2.48. The molecule has 0 aliphatic carbocycles. The van der Waals surface area contributed by atoms with E-state index in [-0.39, 0.29) is 0 Å². The molecule has 0 aliphatic rings. The van der Waals surface area contributed by atoms with Crippen LogP contribution in [0.1, 0.15) is 22.4 Å². The fraction of sp³-hybridized carbons (Fsp3) is 0.235. The molecule has 3 aromatic rings. The molecule has 2 heterocycles. The number of ether oxygens (including phenoxy) is 1. The van der Waals surface area contributed by atoms with E-state index >= 15 is 0 Å². The zero-order chi connectivity index (χ0) is 16.7. The largest absolute Gasteiger partial charge is 0.496 e. The number of aryl methyl sites for hydroxylation is 2. The van der Waals surface area contributed by atoms with Gasteiger partial charge in [0.25, 0.3) is 0 Å². The van der Waals surface area contributed by atoms with Crippen LogP contribution >= 0.6 is 0 Å². The molecule has 1 aromatic carbocycles. The minimum Gasteiger partial charge on any atom is -0.496 e. The van der Waals surface area contributed by atoms with Gasteiger partial charge in [0.05, 0.1) is 24.7 Å². The highest BCUT2D eigenvalue weighted by Crippen LogP contribution is 2.34. The Morgan fingerprint density at radius 2 is 2.00 bits per heavy atom. The summed E-state index contributed by atoms with van der Waals surface area (Å²) in [4.78, 5) is 8.89. The molecule has 2 aromatic heterocycles. The van der Waals surface area contributed by atoms with Gasteiger partial charge in [0.1, 0.15) is 28.7 Å². The van der Waals surface area contributed by atoms with E-state index < -0.39 is 0 Å². The summed E-state index contributed by atoms with van der Waals surface area (Å²) in [6, 6.07) is 6.02. The first-order valence-electron chi connectivity index (χ1n) is 7.17. The van der Waals surface area contributed by atoms with Gasteiger partial charge in [-0.05, 0) is 32.4 Å². The Morgan fingerprint density at radius 3 is 2.65 bits per heavy atom. The molecule has 0 radical (unpaired) electrons. The molecule has 0 saturated heterocycles. The Bertz CT molecular complexity index is 965. The van der Waals surface area contributed by atoms with E-state index in [2.05, 4.69) is 16.0 Å². The van der Waals surface area contributed by atoms with Gasteiger partial charge in [0.2, 0.25) is 0 Å². The number of rotatable bonds is 2. The number of anilines is 1. The highest BCUT2D eigenvalue weighted by Gasteiger charge is 2.22. The summed E-state index contributed by atoms with van der Waals surface area (Å²) in [6.45, 7) is 5.78. The molecule has 2 N–H and O–H groups in total. The van der Waals surface area contributed by atoms with E-state index in [1.165, 1.54) is 0 Å². The third kappa shape index (κ3) is 2.09. The molecule has 6 heteroatoms. The van der Waals surface area contributed by atoms with E-state index in [9.17, 15) is 5.26 Å². The maximum Gasteiger partial charge on any atom is 0.166 e. The summed E-state index contributed by atoms with van der Waals surface area (Å²) in [6.07, 6.45) is 1.67. The molecule has 0 atom stereocenters. The summed E-state index contributed by atoms with van der Waals surface area (Å²) < 4.78 is 7.20. The van der Waals surface area contributed by atoms with Crippen LogP contribution in [0.25, 0.3) is 16.9 Å². The SMILES string of the molecule is COc1ccc(C)c(-n2c(N)c(C#N)c3nc(C)cnc32)c1C. The maximum atomic E-state index is 9.47.